The Morgan fingerprint density at radius 2 is 2.25 bits per heavy atom. The van der Waals surface area contributed by atoms with Crippen LogP contribution in [0, 0.1) is 0 Å². The second kappa shape index (κ2) is 4.83. The third-order valence-electron chi connectivity index (χ3n) is 2.74. The fraction of sp³-hybridized carbons (Fsp3) is 0.308. The van der Waals surface area contributed by atoms with Gasteiger partial charge in [0.05, 0.1) is 0 Å². The van der Waals surface area contributed by atoms with Crippen molar-refractivity contribution >= 4 is 27.9 Å². The lowest BCUT2D eigenvalue weighted by Crippen LogP contribution is -2.26. The van der Waals surface area contributed by atoms with E-state index in [1.807, 2.05) is 24.3 Å². The summed E-state index contributed by atoms with van der Waals surface area (Å²) in [6.45, 7) is 4.57. The Bertz CT molecular complexity index is 412. The van der Waals surface area contributed by atoms with Gasteiger partial charge in [-0.25, -0.2) is 0 Å². The monoisotopic (exact) mass is 279 g/mol. The minimum Gasteiger partial charge on any atom is -0.364 e. The number of hydrogen-bond acceptors (Lipinski definition) is 2. The summed E-state index contributed by atoms with van der Waals surface area (Å²) in [7, 11) is 0. The van der Waals surface area contributed by atoms with Crippen molar-refractivity contribution < 1.29 is 4.79 Å². The molecule has 0 amide bonds. The molecule has 0 aliphatic heterocycles. The fourth-order valence-electron chi connectivity index (χ4n) is 1.83. The molecule has 0 N–H and O–H groups in total. The standard InChI is InChI=1S/C13H14BrNO/c1-2-7-15(12-5-6-12)13-8-11(14)4-3-10(13)9-16/h2-4,8-9,12H,1,5-7H2. The van der Waals surface area contributed by atoms with Crippen molar-refractivity contribution in [2.75, 3.05) is 11.4 Å². The van der Waals surface area contributed by atoms with Crippen molar-refractivity contribution in [2.24, 2.45) is 0 Å². The summed E-state index contributed by atoms with van der Waals surface area (Å²) in [4.78, 5) is 13.3. The zero-order chi connectivity index (χ0) is 11.5. The number of aldehydes is 1. The number of halogens is 1. The molecule has 1 fully saturated rings. The number of benzene rings is 1. The van der Waals surface area contributed by atoms with E-state index in [2.05, 4.69) is 27.4 Å². The van der Waals surface area contributed by atoms with Gasteiger partial charge in [-0.3, -0.25) is 4.79 Å². The van der Waals surface area contributed by atoms with Gasteiger partial charge in [0.15, 0.2) is 6.29 Å². The highest BCUT2D eigenvalue weighted by molar-refractivity contribution is 9.10. The normalized spacial score (nSPS) is 14.6. The first-order chi connectivity index (χ1) is 7.76. The second-order valence-corrected chi connectivity index (χ2v) is 4.91. The molecule has 2 rings (SSSR count). The van der Waals surface area contributed by atoms with E-state index in [0.29, 0.717) is 6.04 Å². The molecule has 0 radical (unpaired) electrons. The fourth-order valence-corrected chi connectivity index (χ4v) is 2.18. The van der Waals surface area contributed by atoms with Crippen LogP contribution in [0.15, 0.2) is 35.3 Å². The van der Waals surface area contributed by atoms with Crippen LogP contribution in [-0.2, 0) is 0 Å². The zero-order valence-electron chi connectivity index (χ0n) is 9.03. The van der Waals surface area contributed by atoms with E-state index < -0.39 is 0 Å². The Labute approximate surface area is 104 Å². The summed E-state index contributed by atoms with van der Waals surface area (Å²) >= 11 is 3.45. The summed E-state index contributed by atoms with van der Waals surface area (Å²) in [6, 6.07) is 6.33. The van der Waals surface area contributed by atoms with Crippen LogP contribution in [0.25, 0.3) is 0 Å². The van der Waals surface area contributed by atoms with Crippen LogP contribution in [0.2, 0.25) is 0 Å². The van der Waals surface area contributed by atoms with E-state index in [4.69, 9.17) is 0 Å². The van der Waals surface area contributed by atoms with Crippen molar-refractivity contribution in [3.63, 3.8) is 0 Å². The van der Waals surface area contributed by atoms with Gasteiger partial charge >= 0.3 is 0 Å². The molecule has 1 aromatic rings. The van der Waals surface area contributed by atoms with E-state index in [1.54, 1.807) is 0 Å². The van der Waals surface area contributed by atoms with E-state index >= 15 is 0 Å². The molecule has 16 heavy (non-hydrogen) atoms. The second-order valence-electron chi connectivity index (χ2n) is 3.99. The van der Waals surface area contributed by atoms with Gasteiger partial charge in [0, 0.05) is 28.3 Å². The topological polar surface area (TPSA) is 20.3 Å². The van der Waals surface area contributed by atoms with Crippen LogP contribution in [0.1, 0.15) is 23.2 Å². The highest BCUT2D eigenvalue weighted by Gasteiger charge is 2.29. The van der Waals surface area contributed by atoms with E-state index in [0.717, 1.165) is 28.6 Å². The molecule has 0 spiro atoms. The predicted molar refractivity (Wildman–Crippen MR) is 70.1 cm³/mol. The first-order valence-electron chi connectivity index (χ1n) is 5.38. The third kappa shape index (κ3) is 2.35. The lowest BCUT2D eigenvalue weighted by molar-refractivity contribution is 0.112. The van der Waals surface area contributed by atoms with Gasteiger partial charge in [-0.2, -0.15) is 0 Å². The van der Waals surface area contributed by atoms with Gasteiger partial charge in [-0.05, 0) is 31.0 Å². The molecule has 0 heterocycles. The van der Waals surface area contributed by atoms with Gasteiger partial charge in [0.2, 0.25) is 0 Å². The molecule has 84 valence electrons. The highest BCUT2D eigenvalue weighted by atomic mass is 79.9. The first-order valence-corrected chi connectivity index (χ1v) is 6.18. The van der Waals surface area contributed by atoms with E-state index in [1.165, 1.54) is 12.8 Å². The van der Waals surface area contributed by atoms with Gasteiger partial charge in [0.25, 0.3) is 0 Å². The molecule has 1 aromatic carbocycles. The molecule has 0 saturated heterocycles. The molecule has 0 unspecified atom stereocenters. The molecule has 1 saturated carbocycles. The zero-order valence-corrected chi connectivity index (χ0v) is 10.6. The summed E-state index contributed by atoms with van der Waals surface area (Å²) < 4.78 is 1.00. The maximum atomic E-state index is 11.0. The summed E-state index contributed by atoms with van der Waals surface area (Å²) in [5, 5.41) is 0. The molecule has 3 heteroatoms. The number of rotatable bonds is 5. The lowest BCUT2D eigenvalue weighted by atomic mass is 10.1. The average Bonchev–Trinajstić information content (AvgIpc) is 3.10. The van der Waals surface area contributed by atoms with Crippen molar-refractivity contribution in [1.82, 2.24) is 0 Å². The number of nitrogens with zero attached hydrogens (tertiary/aromatic N) is 1. The van der Waals surface area contributed by atoms with Crippen molar-refractivity contribution in [3.05, 3.63) is 40.9 Å². The van der Waals surface area contributed by atoms with Gasteiger partial charge in [0.1, 0.15) is 0 Å². The van der Waals surface area contributed by atoms with Crippen LogP contribution in [-0.4, -0.2) is 18.9 Å². The quantitative estimate of drug-likeness (QED) is 0.608. The Hall–Kier alpha value is -1.09. The number of hydrogen-bond donors (Lipinski definition) is 0. The first kappa shape index (κ1) is 11.4. The summed E-state index contributed by atoms with van der Waals surface area (Å²) in [5.74, 6) is 0. The van der Waals surface area contributed by atoms with Gasteiger partial charge in [-0.15, -0.1) is 6.58 Å². The Morgan fingerprint density at radius 1 is 1.50 bits per heavy atom. The SMILES string of the molecule is C=CCN(c1cc(Br)ccc1C=O)C1CC1. The van der Waals surface area contributed by atoms with E-state index in [9.17, 15) is 4.79 Å². The molecule has 1 aliphatic rings. The maximum Gasteiger partial charge on any atom is 0.152 e. The molecule has 0 aromatic heterocycles. The van der Waals surface area contributed by atoms with Crippen molar-refractivity contribution in [2.45, 2.75) is 18.9 Å². The van der Waals surface area contributed by atoms with Crippen molar-refractivity contribution in [3.8, 4) is 0 Å². The number of anilines is 1. The third-order valence-corrected chi connectivity index (χ3v) is 3.24. The average molecular weight is 280 g/mol. The Balaban J connectivity index is 2.37. The molecule has 0 bridgehead atoms. The lowest BCUT2D eigenvalue weighted by Gasteiger charge is -2.24. The molecular weight excluding hydrogens is 266 g/mol. The minimum atomic E-state index is 0.575. The number of carbonyl (C=O) groups excluding carboxylic acids is 1. The Morgan fingerprint density at radius 3 is 2.81 bits per heavy atom. The van der Waals surface area contributed by atoms with E-state index in [-0.39, 0.29) is 0 Å². The predicted octanol–water partition coefficient (Wildman–Crippen LogP) is 3.42. The van der Waals surface area contributed by atoms with Crippen molar-refractivity contribution in [1.29, 1.82) is 0 Å². The highest BCUT2D eigenvalue weighted by Crippen LogP contribution is 2.34. The van der Waals surface area contributed by atoms with Crippen LogP contribution < -0.4 is 4.90 Å². The van der Waals surface area contributed by atoms with Crippen LogP contribution in [0.3, 0.4) is 0 Å². The molecule has 1 aliphatic carbocycles. The largest absolute Gasteiger partial charge is 0.364 e. The maximum absolute atomic E-state index is 11.0. The Kier molecular flexibility index (Phi) is 3.44. The smallest absolute Gasteiger partial charge is 0.152 e. The van der Waals surface area contributed by atoms with Gasteiger partial charge in [-0.1, -0.05) is 22.0 Å². The van der Waals surface area contributed by atoms with Crippen LogP contribution in [0.4, 0.5) is 5.69 Å². The summed E-state index contributed by atoms with van der Waals surface area (Å²) in [5.41, 5.74) is 1.75. The molecular formula is C13H14BrNO. The van der Waals surface area contributed by atoms with Crippen LogP contribution in [0.5, 0.6) is 0 Å². The molecule has 0 atom stereocenters. The van der Waals surface area contributed by atoms with Gasteiger partial charge < -0.3 is 4.90 Å². The minimum absolute atomic E-state index is 0.575. The summed E-state index contributed by atoms with van der Waals surface area (Å²) in [6.07, 6.45) is 5.21. The molecule has 2 nitrogen and oxygen atoms in total. The number of carbonyl (C=O) groups is 1. The van der Waals surface area contributed by atoms with Crippen LogP contribution >= 0.6 is 15.9 Å².